The zero-order valence-corrected chi connectivity index (χ0v) is 17.5. The van der Waals surface area contributed by atoms with E-state index in [1.54, 1.807) is 41.2 Å². The first kappa shape index (κ1) is 21.0. The first-order chi connectivity index (χ1) is 16.0. The van der Waals surface area contributed by atoms with Crippen LogP contribution >= 0.6 is 0 Å². The molecule has 9 heteroatoms. The minimum atomic E-state index is -1.07. The smallest absolute Gasteiger partial charge is 0.282 e. The summed E-state index contributed by atoms with van der Waals surface area (Å²) in [6.45, 7) is 1.15. The highest BCUT2D eigenvalue weighted by molar-refractivity contribution is 6.08. The normalized spacial score (nSPS) is 15.8. The molecule has 1 atom stereocenters. The lowest BCUT2D eigenvalue weighted by Crippen LogP contribution is -2.21. The van der Waals surface area contributed by atoms with Gasteiger partial charge in [0.25, 0.3) is 11.5 Å². The first-order valence-electron chi connectivity index (χ1n) is 10.6. The average Bonchev–Trinajstić information content (AvgIpc) is 3.44. The Kier molecular flexibility index (Phi) is 5.47. The van der Waals surface area contributed by atoms with Crippen LogP contribution in [0.1, 0.15) is 23.2 Å². The van der Waals surface area contributed by atoms with Crippen molar-refractivity contribution in [3.05, 3.63) is 88.5 Å². The molecule has 3 heterocycles. The molecule has 1 amide bonds. The predicted molar refractivity (Wildman–Crippen MR) is 118 cm³/mol. The molecule has 1 fully saturated rings. The molecule has 0 saturated carbocycles. The monoisotopic (exact) mass is 450 g/mol. The van der Waals surface area contributed by atoms with E-state index >= 15 is 0 Å². The van der Waals surface area contributed by atoms with Crippen molar-refractivity contribution in [2.24, 2.45) is 0 Å². The van der Waals surface area contributed by atoms with Crippen molar-refractivity contribution in [1.82, 2.24) is 14.3 Å². The third-order valence-corrected chi connectivity index (χ3v) is 5.58. The quantitative estimate of drug-likeness (QED) is 0.501. The molecular weight excluding hydrogens is 430 g/mol. The van der Waals surface area contributed by atoms with Crippen LogP contribution in [0.15, 0.2) is 65.7 Å². The molecular formula is C24H20F2N4O3. The minimum Gasteiger partial charge on any atom is -0.376 e. The number of anilines is 1. The van der Waals surface area contributed by atoms with Crippen molar-refractivity contribution >= 4 is 11.6 Å². The van der Waals surface area contributed by atoms with Crippen LogP contribution in [-0.4, -0.2) is 33.0 Å². The van der Waals surface area contributed by atoms with Gasteiger partial charge in [-0.2, -0.15) is 9.78 Å². The van der Waals surface area contributed by atoms with Crippen LogP contribution in [-0.2, 0) is 11.3 Å². The summed E-state index contributed by atoms with van der Waals surface area (Å²) in [4.78, 5) is 26.3. The lowest BCUT2D eigenvalue weighted by molar-refractivity contribution is 0.0961. The Morgan fingerprint density at radius 2 is 1.94 bits per heavy atom. The average molecular weight is 450 g/mol. The van der Waals surface area contributed by atoms with Gasteiger partial charge in [0.2, 0.25) is 0 Å². The second-order valence-corrected chi connectivity index (χ2v) is 7.90. The van der Waals surface area contributed by atoms with Crippen molar-refractivity contribution < 1.29 is 18.3 Å². The lowest BCUT2D eigenvalue weighted by Gasteiger charge is -2.16. The van der Waals surface area contributed by atoms with E-state index in [4.69, 9.17) is 4.74 Å². The summed E-state index contributed by atoms with van der Waals surface area (Å²) in [5.74, 6) is -2.68. The molecule has 3 aliphatic heterocycles. The molecule has 1 N–H and O–H groups in total. The molecule has 1 saturated heterocycles. The van der Waals surface area contributed by atoms with Crippen LogP contribution in [0.2, 0.25) is 0 Å². The van der Waals surface area contributed by atoms with Gasteiger partial charge in [0.05, 0.1) is 22.9 Å². The molecule has 33 heavy (non-hydrogen) atoms. The third-order valence-electron chi connectivity index (χ3n) is 5.58. The van der Waals surface area contributed by atoms with E-state index in [9.17, 15) is 18.4 Å². The number of fused-ring (bicyclic) bond motifs is 1. The van der Waals surface area contributed by atoms with E-state index in [0.29, 0.717) is 18.8 Å². The number of hydrogen-bond acceptors (Lipinski definition) is 4. The fourth-order valence-electron chi connectivity index (χ4n) is 3.97. The molecule has 0 spiro atoms. The number of amides is 1. The van der Waals surface area contributed by atoms with Gasteiger partial charge in [0, 0.05) is 37.3 Å². The molecule has 3 aliphatic rings. The van der Waals surface area contributed by atoms with Crippen molar-refractivity contribution in [1.29, 1.82) is 0 Å². The van der Waals surface area contributed by atoms with Gasteiger partial charge in [-0.15, -0.1) is 0 Å². The fraction of sp³-hybridized carbons (Fsp3) is 0.208. The molecule has 0 bridgehead atoms. The number of para-hydroxylation sites is 1. The summed E-state index contributed by atoms with van der Waals surface area (Å²) >= 11 is 0. The largest absolute Gasteiger partial charge is 0.376 e. The molecule has 7 nitrogen and oxygen atoms in total. The van der Waals surface area contributed by atoms with Gasteiger partial charge < -0.3 is 14.6 Å². The molecule has 168 valence electrons. The maximum absolute atomic E-state index is 13.6. The Labute approximate surface area is 187 Å². The van der Waals surface area contributed by atoms with Crippen LogP contribution < -0.4 is 10.9 Å². The van der Waals surface area contributed by atoms with Crippen LogP contribution in [0.4, 0.5) is 14.5 Å². The lowest BCUT2D eigenvalue weighted by atomic mass is 10.1. The van der Waals surface area contributed by atoms with E-state index in [0.717, 1.165) is 25.0 Å². The maximum atomic E-state index is 13.6. The van der Waals surface area contributed by atoms with Gasteiger partial charge >= 0.3 is 0 Å². The number of rotatable bonds is 5. The minimum absolute atomic E-state index is 0.0196. The summed E-state index contributed by atoms with van der Waals surface area (Å²) < 4.78 is 35.6. The van der Waals surface area contributed by atoms with Gasteiger partial charge in [0.1, 0.15) is 5.69 Å². The molecule has 5 rings (SSSR count). The Hall–Kier alpha value is -3.85. The number of carbonyl (C=O) groups excluding carboxylic acids is 1. The molecule has 2 aromatic rings. The van der Waals surface area contributed by atoms with Gasteiger partial charge in [0.15, 0.2) is 11.6 Å². The highest BCUT2D eigenvalue weighted by atomic mass is 19.2. The first-order valence-corrected chi connectivity index (χ1v) is 10.6. The van der Waals surface area contributed by atoms with Gasteiger partial charge in [-0.05, 0) is 37.1 Å². The number of ether oxygens (including phenoxy) is 1. The number of aromatic nitrogens is 3. The molecule has 0 aromatic heterocycles. The van der Waals surface area contributed by atoms with E-state index in [2.05, 4.69) is 10.4 Å². The van der Waals surface area contributed by atoms with Crippen LogP contribution in [0.5, 0.6) is 0 Å². The zero-order valence-electron chi connectivity index (χ0n) is 17.5. The molecule has 2 aromatic carbocycles. The number of hydrogen-bond donors (Lipinski definition) is 1. The molecule has 0 unspecified atom stereocenters. The van der Waals surface area contributed by atoms with Crippen LogP contribution in [0.3, 0.4) is 0 Å². The maximum Gasteiger partial charge on any atom is 0.282 e. The Morgan fingerprint density at radius 3 is 2.67 bits per heavy atom. The Morgan fingerprint density at radius 1 is 1.12 bits per heavy atom. The summed E-state index contributed by atoms with van der Waals surface area (Å²) in [6.07, 6.45) is 5.08. The standard InChI is InChI=1S/C24H20F2N4O3/c25-20-9-8-15(11-21(20)26)27-23(31)18-13-29(12-17-7-4-10-33-17)14-19-22(18)28-30(24(19)32)16-5-2-1-3-6-16/h1-3,5-6,8-9,11,13-14,17H,4,7,10,12H2,(H,27,31)/t17-/m1/s1. The summed E-state index contributed by atoms with van der Waals surface area (Å²) in [7, 11) is 0. The van der Waals surface area contributed by atoms with E-state index in [-0.39, 0.29) is 34.2 Å². The van der Waals surface area contributed by atoms with Gasteiger partial charge in [-0.1, -0.05) is 18.2 Å². The van der Waals surface area contributed by atoms with Crippen molar-refractivity contribution in [3.8, 4) is 16.9 Å². The van der Waals surface area contributed by atoms with Crippen LogP contribution in [0, 0.1) is 11.6 Å². The number of pyridine rings is 1. The van der Waals surface area contributed by atoms with Crippen molar-refractivity contribution in [3.63, 3.8) is 0 Å². The zero-order chi connectivity index (χ0) is 22.9. The van der Waals surface area contributed by atoms with Gasteiger partial charge in [-0.25, -0.2) is 8.78 Å². The van der Waals surface area contributed by atoms with Crippen molar-refractivity contribution in [2.75, 3.05) is 11.9 Å². The van der Waals surface area contributed by atoms with Gasteiger partial charge in [-0.3, -0.25) is 9.59 Å². The second kappa shape index (κ2) is 8.59. The highest BCUT2D eigenvalue weighted by Gasteiger charge is 2.26. The number of benzene rings is 2. The fourth-order valence-corrected chi connectivity index (χ4v) is 3.97. The Bertz CT molecular complexity index is 1340. The number of halogens is 2. The van der Waals surface area contributed by atoms with E-state index < -0.39 is 17.5 Å². The van der Waals surface area contributed by atoms with E-state index in [1.807, 2.05) is 6.07 Å². The third kappa shape index (κ3) is 4.14. The second-order valence-electron chi connectivity index (χ2n) is 7.90. The van der Waals surface area contributed by atoms with Crippen LogP contribution in [0.25, 0.3) is 16.9 Å². The number of nitrogens with zero attached hydrogens (tertiary/aromatic N) is 3. The molecule has 0 aliphatic carbocycles. The molecule has 0 radical (unpaired) electrons. The highest BCUT2D eigenvalue weighted by Crippen LogP contribution is 2.25. The topological polar surface area (TPSA) is 78.2 Å². The SMILES string of the molecule is O=C(Nc1ccc(F)c(F)c1)c1cn(C[C@H]2CCCO2)cc2c(=O)n(-c3ccccc3)nc1-2. The predicted octanol–water partition coefficient (Wildman–Crippen LogP) is 3.85. The number of nitrogens with one attached hydrogen (secondary N) is 1. The van der Waals surface area contributed by atoms with Crippen molar-refractivity contribution in [2.45, 2.75) is 25.5 Å². The summed E-state index contributed by atoms with van der Waals surface area (Å²) in [5.41, 5.74) is 0.923. The summed E-state index contributed by atoms with van der Waals surface area (Å²) in [6, 6.07) is 12.0. The summed E-state index contributed by atoms with van der Waals surface area (Å²) in [5, 5.41) is 6.98. The number of carbonyl (C=O) groups is 1. The Balaban J connectivity index is 1.59. The van der Waals surface area contributed by atoms with E-state index in [1.165, 1.54) is 10.7 Å².